The van der Waals surface area contributed by atoms with Gasteiger partial charge in [-0.2, -0.15) is 0 Å². The fourth-order valence-corrected chi connectivity index (χ4v) is 4.92. The van der Waals surface area contributed by atoms with Crippen molar-refractivity contribution in [2.75, 3.05) is 37.7 Å². The number of nitrogens with zero attached hydrogens (tertiary/aromatic N) is 4. The van der Waals surface area contributed by atoms with Crippen LogP contribution in [0.2, 0.25) is 0 Å². The van der Waals surface area contributed by atoms with Crippen LogP contribution in [0.4, 0.5) is 5.82 Å². The molecule has 0 radical (unpaired) electrons. The van der Waals surface area contributed by atoms with E-state index in [0.717, 1.165) is 30.4 Å². The van der Waals surface area contributed by atoms with Gasteiger partial charge in [0.1, 0.15) is 0 Å². The summed E-state index contributed by atoms with van der Waals surface area (Å²) in [5.74, 6) is 0.123. The molecule has 3 heterocycles. The molecule has 0 N–H and O–H groups in total. The first-order valence-electron chi connectivity index (χ1n) is 11.7. The molecule has 1 amide bonds. The normalized spacial score (nSPS) is 19.9. The molecule has 2 aromatic rings. The highest BCUT2D eigenvalue weighted by molar-refractivity contribution is 5.81. The number of para-hydroxylation sites is 2. The van der Waals surface area contributed by atoms with Crippen molar-refractivity contribution in [3.05, 3.63) is 34.6 Å². The van der Waals surface area contributed by atoms with Gasteiger partial charge in [-0.3, -0.25) is 14.4 Å². The van der Waals surface area contributed by atoms with Crippen molar-refractivity contribution >= 4 is 28.7 Å². The van der Waals surface area contributed by atoms with Gasteiger partial charge in [-0.1, -0.05) is 12.1 Å². The molecule has 0 bridgehead atoms. The van der Waals surface area contributed by atoms with E-state index in [1.165, 1.54) is 0 Å². The van der Waals surface area contributed by atoms with Crippen LogP contribution in [0, 0.1) is 11.8 Å². The van der Waals surface area contributed by atoms with Crippen LogP contribution in [0.1, 0.15) is 39.5 Å². The summed E-state index contributed by atoms with van der Waals surface area (Å²) in [5, 5.41) is 0. The Morgan fingerprint density at radius 3 is 2.53 bits per heavy atom. The predicted octanol–water partition coefficient (Wildman–Crippen LogP) is 2.43. The molecule has 8 nitrogen and oxygen atoms in total. The highest BCUT2D eigenvalue weighted by Crippen LogP contribution is 2.26. The van der Waals surface area contributed by atoms with E-state index in [2.05, 4.69) is 4.98 Å². The third-order valence-electron chi connectivity index (χ3n) is 6.65. The molecule has 1 atom stereocenters. The van der Waals surface area contributed by atoms with Crippen molar-refractivity contribution in [1.82, 2.24) is 14.5 Å². The maximum Gasteiger partial charge on any atom is 0.309 e. The summed E-state index contributed by atoms with van der Waals surface area (Å²) >= 11 is 0. The Hall–Kier alpha value is -2.90. The van der Waals surface area contributed by atoms with Crippen LogP contribution in [0.15, 0.2) is 29.1 Å². The second kappa shape index (κ2) is 9.71. The second-order valence-electron chi connectivity index (χ2n) is 8.61. The zero-order valence-electron chi connectivity index (χ0n) is 19.0. The van der Waals surface area contributed by atoms with Gasteiger partial charge in [0.2, 0.25) is 5.91 Å². The summed E-state index contributed by atoms with van der Waals surface area (Å²) in [7, 11) is 0. The number of amides is 1. The molecule has 1 aromatic heterocycles. The molecule has 2 aliphatic rings. The molecular weight excluding hydrogens is 408 g/mol. The minimum absolute atomic E-state index is 0.102. The average Bonchev–Trinajstić information content (AvgIpc) is 2.83. The molecule has 2 saturated heterocycles. The number of hydrogen-bond donors (Lipinski definition) is 0. The van der Waals surface area contributed by atoms with Crippen molar-refractivity contribution in [3.63, 3.8) is 0 Å². The Morgan fingerprint density at radius 2 is 1.81 bits per heavy atom. The van der Waals surface area contributed by atoms with Crippen LogP contribution in [-0.4, -0.2) is 59.1 Å². The van der Waals surface area contributed by atoms with Crippen LogP contribution in [0.3, 0.4) is 0 Å². The van der Waals surface area contributed by atoms with Crippen LogP contribution in [0.25, 0.3) is 11.0 Å². The lowest BCUT2D eigenvalue weighted by Gasteiger charge is -2.37. The van der Waals surface area contributed by atoms with E-state index in [1.807, 2.05) is 47.9 Å². The van der Waals surface area contributed by atoms with E-state index in [9.17, 15) is 14.4 Å². The number of fused-ring (bicyclic) bond motifs is 1. The maximum absolute atomic E-state index is 13.2. The van der Waals surface area contributed by atoms with Gasteiger partial charge in [-0.25, -0.2) is 4.98 Å². The standard InChI is InChI=1S/C24H32N4O4/c1-3-28-20-10-6-5-9-19(20)25-21(23(28)30)27-13-7-8-18(16-27)22(29)26-14-11-17(12-15-26)24(31)32-4-2/h5-6,9-10,17-18H,3-4,7-8,11-16H2,1-2H3/t18-/m1/s1. The van der Waals surface area contributed by atoms with Crippen molar-refractivity contribution in [2.45, 2.75) is 46.1 Å². The van der Waals surface area contributed by atoms with Gasteiger partial charge in [0.15, 0.2) is 5.82 Å². The maximum atomic E-state index is 13.2. The zero-order valence-corrected chi connectivity index (χ0v) is 19.0. The Morgan fingerprint density at radius 1 is 1.06 bits per heavy atom. The van der Waals surface area contributed by atoms with E-state index in [-0.39, 0.29) is 29.3 Å². The van der Waals surface area contributed by atoms with Crippen LogP contribution in [0.5, 0.6) is 0 Å². The molecule has 4 rings (SSSR count). The number of likely N-dealkylation sites (tertiary alicyclic amines) is 1. The highest BCUT2D eigenvalue weighted by Gasteiger charge is 2.34. The molecule has 0 spiro atoms. The smallest absolute Gasteiger partial charge is 0.309 e. The highest BCUT2D eigenvalue weighted by atomic mass is 16.5. The van der Waals surface area contributed by atoms with Gasteiger partial charge in [-0.05, 0) is 51.7 Å². The minimum atomic E-state index is -0.161. The van der Waals surface area contributed by atoms with Gasteiger partial charge in [0.05, 0.1) is 29.5 Å². The number of carbonyl (C=O) groups excluding carboxylic acids is 2. The molecule has 0 saturated carbocycles. The molecule has 1 aromatic carbocycles. The van der Waals surface area contributed by atoms with Gasteiger partial charge in [0, 0.05) is 32.7 Å². The first-order chi connectivity index (χ1) is 15.5. The lowest BCUT2D eigenvalue weighted by molar-refractivity contribution is -0.151. The number of ether oxygens (including phenoxy) is 1. The van der Waals surface area contributed by atoms with E-state index in [0.29, 0.717) is 51.4 Å². The van der Waals surface area contributed by atoms with Crippen molar-refractivity contribution in [1.29, 1.82) is 0 Å². The van der Waals surface area contributed by atoms with E-state index >= 15 is 0 Å². The summed E-state index contributed by atoms with van der Waals surface area (Å²) in [4.78, 5) is 46.9. The first kappa shape index (κ1) is 22.3. The topological polar surface area (TPSA) is 84.7 Å². The van der Waals surface area contributed by atoms with Crippen molar-refractivity contribution < 1.29 is 14.3 Å². The number of carbonyl (C=O) groups is 2. The number of benzene rings is 1. The Bertz CT molecular complexity index is 1040. The lowest BCUT2D eigenvalue weighted by atomic mass is 9.93. The molecule has 0 unspecified atom stereocenters. The van der Waals surface area contributed by atoms with E-state index in [4.69, 9.17) is 4.74 Å². The Balaban J connectivity index is 1.47. The summed E-state index contributed by atoms with van der Waals surface area (Å²) in [5.41, 5.74) is 1.52. The van der Waals surface area contributed by atoms with Crippen LogP contribution < -0.4 is 10.5 Å². The van der Waals surface area contributed by atoms with Gasteiger partial charge in [0.25, 0.3) is 5.56 Å². The monoisotopic (exact) mass is 440 g/mol. The summed E-state index contributed by atoms with van der Waals surface area (Å²) < 4.78 is 6.88. The third kappa shape index (κ3) is 4.36. The van der Waals surface area contributed by atoms with E-state index in [1.54, 1.807) is 4.57 Å². The Kier molecular flexibility index (Phi) is 6.77. The molecule has 32 heavy (non-hydrogen) atoms. The predicted molar refractivity (Wildman–Crippen MR) is 123 cm³/mol. The molecule has 2 aliphatic heterocycles. The largest absolute Gasteiger partial charge is 0.466 e. The quantitative estimate of drug-likeness (QED) is 0.664. The minimum Gasteiger partial charge on any atom is -0.466 e. The van der Waals surface area contributed by atoms with Crippen LogP contribution in [-0.2, 0) is 20.9 Å². The second-order valence-corrected chi connectivity index (χ2v) is 8.61. The lowest BCUT2D eigenvalue weighted by Crippen LogP contribution is -2.49. The third-order valence-corrected chi connectivity index (χ3v) is 6.65. The fraction of sp³-hybridized carbons (Fsp3) is 0.583. The van der Waals surface area contributed by atoms with E-state index < -0.39 is 0 Å². The molecule has 8 heteroatoms. The zero-order chi connectivity index (χ0) is 22.7. The molecule has 2 fully saturated rings. The van der Waals surface area contributed by atoms with Crippen LogP contribution >= 0.6 is 0 Å². The van der Waals surface area contributed by atoms with Gasteiger partial charge in [-0.15, -0.1) is 0 Å². The molecule has 172 valence electrons. The number of hydrogen-bond acceptors (Lipinski definition) is 6. The summed E-state index contributed by atoms with van der Waals surface area (Å²) in [6, 6.07) is 7.67. The van der Waals surface area contributed by atoms with Crippen molar-refractivity contribution in [2.24, 2.45) is 11.8 Å². The molecule has 0 aliphatic carbocycles. The number of esters is 1. The number of aryl methyl sites for hydroxylation is 1. The molecular formula is C24H32N4O4. The average molecular weight is 441 g/mol. The summed E-state index contributed by atoms with van der Waals surface area (Å²) in [6.07, 6.45) is 2.95. The summed E-state index contributed by atoms with van der Waals surface area (Å²) in [6.45, 7) is 7.11. The van der Waals surface area contributed by atoms with Gasteiger partial charge < -0.3 is 19.1 Å². The SMILES string of the molecule is CCOC(=O)C1CCN(C(=O)[C@@H]2CCCN(c3nc4ccccc4n(CC)c3=O)C2)CC1. The number of aromatic nitrogens is 2. The first-order valence-corrected chi connectivity index (χ1v) is 11.7. The van der Waals surface area contributed by atoms with Gasteiger partial charge >= 0.3 is 5.97 Å². The van der Waals surface area contributed by atoms with Crippen molar-refractivity contribution in [3.8, 4) is 0 Å². The fourth-order valence-electron chi connectivity index (χ4n) is 4.92. The number of rotatable bonds is 5. The number of piperidine rings is 2. The Labute approximate surface area is 188 Å². The number of anilines is 1.